The van der Waals surface area contributed by atoms with Gasteiger partial charge in [-0.25, -0.2) is 13.1 Å². The van der Waals surface area contributed by atoms with Crippen LogP contribution in [0.25, 0.3) is 0 Å². The molecule has 20 heavy (non-hydrogen) atoms. The summed E-state index contributed by atoms with van der Waals surface area (Å²) in [7, 11) is -3.42. The van der Waals surface area contributed by atoms with E-state index in [-0.39, 0.29) is 11.5 Å². The molecule has 5 heteroatoms. The molecule has 112 valence electrons. The molecular weight excluding hydrogens is 272 g/mol. The highest BCUT2D eigenvalue weighted by atomic mass is 32.2. The number of rotatable bonds is 4. The number of hydrogen-bond acceptors (Lipinski definition) is 3. The Kier molecular flexibility index (Phi) is 4.52. The lowest BCUT2D eigenvalue weighted by Gasteiger charge is -2.39. The highest BCUT2D eigenvalue weighted by Crippen LogP contribution is 2.29. The topological polar surface area (TPSA) is 58.2 Å². The molecule has 0 radical (unpaired) electrons. The first-order chi connectivity index (χ1) is 9.31. The van der Waals surface area contributed by atoms with E-state index in [1.54, 1.807) is 18.2 Å². The molecule has 0 aliphatic carbocycles. The molecule has 1 saturated heterocycles. The second-order valence-corrected chi connectivity index (χ2v) is 8.03. The van der Waals surface area contributed by atoms with Gasteiger partial charge in [0.05, 0.1) is 4.90 Å². The summed E-state index contributed by atoms with van der Waals surface area (Å²) in [5.41, 5.74) is 1.07. The van der Waals surface area contributed by atoms with Crippen molar-refractivity contribution in [1.82, 2.24) is 10.0 Å². The molecule has 0 aromatic heterocycles. The Hall–Kier alpha value is -0.910. The molecule has 2 rings (SSSR count). The number of sulfonamides is 1. The van der Waals surface area contributed by atoms with Gasteiger partial charge < -0.3 is 5.32 Å². The van der Waals surface area contributed by atoms with E-state index in [1.165, 1.54) is 0 Å². The van der Waals surface area contributed by atoms with Gasteiger partial charge in [-0.1, -0.05) is 26.0 Å². The summed E-state index contributed by atoms with van der Waals surface area (Å²) < 4.78 is 27.3. The minimum absolute atomic E-state index is 0.118. The van der Waals surface area contributed by atoms with Crippen molar-refractivity contribution in [1.29, 1.82) is 0 Å². The van der Waals surface area contributed by atoms with Crippen LogP contribution in [0.4, 0.5) is 0 Å². The zero-order valence-corrected chi connectivity index (χ0v) is 13.3. The van der Waals surface area contributed by atoms with Crippen molar-refractivity contribution in [2.75, 3.05) is 13.1 Å². The summed E-state index contributed by atoms with van der Waals surface area (Å²) in [6, 6.07) is 7.17. The van der Waals surface area contributed by atoms with Crippen molar-refractivity contribution in [2.24, 2.45) is 5.41 Å². The van der Waals surface area contributed by atoms with Gasteiger partial charge in [0.2, 0.25) is 10.0 Å². The van der Waals surface area contributed by atoms with Crippen LogP contribution in [0, 0.1) is 12.3 Å². The minimum atomic E-state index is -3.42. The second kappa shape index (κ2) is 5.84. The minimum Gasteiger partial charge on any atom is -0.312 e. The van der Waals surface area contributed by atoms with E-state index in [2.05, 4.69) is 23.9 Å². The maximum Gasteiger partial charge on any atom is 0.240 e. The monoisotopic (exact) mass is 296 g/mol. The molecule has 1 aliphatic heterocycles. The zero-order valence-electron chi connectivity index (χ0n) is 12.4. The van der Waals surface area contributed by atoms with Gasteiger partial charge in [-0.15, -0.1) is 0 Å². The van der Waals surface area contributed by atoms with Crippen LogP contribution in [-0.2, 0) is 10.0 Å². The van der Waals surface area contributed by atoms with E-state index in [4.69, 9.17) is 0 Å². The zero-order chi connectivity index (χ0) is 14.8. The van der Waals surface area contributed by atoms with Gasteiger partial charge in [0, 0.05) is 12.6 Å². The van der Waals surface area contributed by atoms with E-state index < -0.39 is 10.0 Å². The molecule has 0 spiro atoms. The van der Waals surface area contributed by atoms with E-state index in [0.29, 0.717) is 11.4 Å². The van der Waals surface area contributed by atoms with Gasteiger partial charge in [0.25, 0.3) is 0 Å². The van der Waals surface area contributed by atoms with Crippen molar-refractivity contribution in [3.8, 4) is 0 Å². The van der Waals surface area contributed by atoms with Crippen LogP contribution in [0.2, 0.25) is 0 Å². The fraction of sp³-hybridized carbons (Fsp3) is 0.600. The molecule has 1 atom stereocenters. The lowest BCUT2D eigenvalue weighted by atomic mass is 9.78. The third-order valence-corrected chi connectivity index (χ3v) is 5.53. The van der Waals surface area contributed by atoms with E-state index in [1.807, 2.05) is 13.0 Å². The summed E-state index contributed by atoms with van der Waals surface area (Å²) in [5.74, 6) is 0. The lowest BCUT2D eigenvalue weighted by molar-refractivity contribution is 0.181. The molecule has 4 nitrogen and oxygen atoms in total. The predicted molar refractivity (Wildman–Crippen MR) is 81.2 cm³/mol. The van der Waals surface area contributed by atoms with E-state index in [0.717, 1.165) is 24.9 Å². The average Bonchev–Trinajstić information content (AvgIpc) is 2.37. The number of aryl methyl sites for hydroxylation is 1. The number of nitrogens with one attached hydrogen (secondary N) is 2. The van der Waals surface area contributed by atoms with Crippen LogP contribution < -0.4 is 10.0 Å². The predicted octanol–water partition coefficient (Wildman–Crippen LogP) is 2.05. The highest BCUT2D eigenvalue weighted by molar-refractivity contribution is 7.89. The summed E-state index contributed by atoms with van der Waals surface area (Å²) >= 11 is 0. The van der Waals surface area contributed by atoms with Crippen LogP contribution >= 0.6 is 0 Å². The smallest absolute Gasteiger partial charge is 0.240 e. The van der Waals surface area contributed by atoms with E-state index >= 15 is 0 Å². The molecule has 0 saturated carbocycles. The van der Waals surface area contributed by atoms with Crippen molar-refractivity contribution in [3.63, 3.8) is 0 Å². The van der Waals surface area contributed by atoms with Crippen molar-refractivity contribution >= 4 is 10.0 Å². The molecule has 1 aliphatic rings. The molecule has 1 heterocycles. The molecule has 1 unspecified atom stereocenters. The van der Waals surface area contributed by atoms with E-state index in [9.17, 15) is 8.42 Å². The first-order valence-electron chi connectivity index (χ1n) is 7.11. The molecular formula is C15H24N2O2S. The maximum atomic E-state index is 12.3. The molecule has 1 aromatic carbocycles. The van der Waals surface area contributed by atoms with Crippen molar-refractivity contribution in [2.45, 2.75) is 44.6 Å². The van der Waals surface area contributed by atoms with Gasteiger partial charge in [0.15, 0.2) is 0 Å². The third-order valence-electron chi connectivity index (χ3n) is 4.11. The summed E-state index contributed by atoms with van der Waals surface area (Å²) in [6.45, 7) is 7.66. The van der Waals surface area contributed by atoms with Gasteiger partial charge in [-0.2, -0.15) is 0 Å². The summed E-state index contributed by atoms with van der Waals surface area (Å²) in [4.78, 5) is 0.339. The van der Waals surface area contributed by atoms with Crippen LogP contribution in [0.1, 0.15) is 32.3 Å². The Morgan fingerprint density at radius 3 is 2.80 bits per heavy atom. The quantitative estimate of drug-likeness (QED) is 0.894. The van der Waals surface area contributed by atoms with Gasteiger partial charge in [-0.05, 0) is 49.4 Å². The second-order valence-electron chi connectivity index (χ2n) is 6.27. The van der Waals surface area contributed by atoms with Crippen LogP contribution in [0.3, 0.4) is 0 Å². The standard InChI is InChI=1S/C15H24N2O2S/c1-12-6-4-7-13(10-12)20(18,19)17-11-14-15(2,3)8-5-9-16-14/h4,6-7,10,14,16-17H,5,8-9,11H2,1-3H3. The Balaban J connectivity index is 2.06. The average molecular weight is 296 g/mol. The number of piperidine rings is 1. The fourth-order valence-corrected chi connectivity index (χ4v) is 3.83. The molecule has 1 aromatic rings. The van der Waals surface area contributed by atoms with Crippen molar-refractivity contribution < 1.29 is 8.42 Å². The van der Waals surface area contributed by atoms with Crippen LogP contribution in [0.5, 0.6) is 0 Å². The highest BCUT2D eigenvalue weighted by Gasteiger charge is 2.32. The Bertz CT molecular complexity index is 567. The van der Waals surface area contributed by atoms with Gasteiger partial charge >= 0.3 is 0 Å². The lowest BCUT2D eigenvalue weighted by Crippen LogP contribution is -2.52. The normalized spacial score (nSPS) is 22.6. The SMILES string of the molecule is Cc1cccc(S(=O)(=O)NCC2NCCCC2(C)C)c1. The molecule has 0 bridgehead atoms. The third kappa shape index (κ3) is 3.59. The maximum absolute atomic E-state index is 12.3. The Morgan fingerprint density at radius 2 is 2.15 bits per heavy atom. The Labute approximate surface area is 122 Å². The number of hydrogen-bond donors (Lipinski definition) is 2. The summed E-state index contributed by atoms with van der Waals surface area (Å²) in [5, 5.41) is 3.42. The largest absolute Gasteiger partial charge is 0.312 e. The van der Waals surface area contributed by atoms with Crippen LogP contribution in [-0.4, -0.2) is 27.5 Å². The van der Waals surface area contributed by atoms with Crippen LogP contribution in [0.15, 0.2) is 29.2 Å². The van der Waals surface area contributed by atoms with Gasteiger partial charge in [-0.3, -0.25) is 0 Å². The van der Waals surface area contributed by atoms with Crippen molar-refractivity contribution in [3.05, 3.63) is 29.8 Å². The Morgan fingerprint density at radius 1 is 1.40 bits per heavy atom. The molecule has 0 amide bonds. The van der Waals surface area contributed by atoms with Gasteiger partial charge in [0.1, 0.15) is 0 Å². The number of benzene rings is 1. The first-order valence-corrected chi connectivity index (χ1v) is 8.59. The first kappa shape index (κ1) is 15.5. The fourth-order valence-electron chi connectivity index (χ4n) is 2.68. The molecule has 1 fully saturated rings. The summed E-state index contributed by atoms with van der Waals surface area (Å²) in [6.07, 6.45) is 2.27. The molecule has 2 N–H and O–H groups in total.